The molecule has 1 aliphatic heterocycles. The maximum atomic E-state index is 4.83. The second-order valence-electron chi connectivity index (χ2n) is 6.52. The molecule has 1 aromatic carbocycles. The zero-order valence-corrected chi connectivity index (χ0v) is 12.8. The van der Waals surface area contributed by atoms with Crippen molar-refractivity contribution in [3.05, 3.63) is 40.7 Å². The predicted octanol–water partition coefficient (Wildman–Crippen LogP) is 3.57. The predicted molar refractivity (Wildman–Crippen MR) is 83.8 cm³/mol. The van der Waals surface area contributed by atoms with Gasteiger partial charge in [0.1, 0.15) is 0 Å². The highest BCUT2D eigenvalue weighted by Crippen LogP contribution is 2.37. The number of hydrogen-bond donors (Lipinski definition) is 1. The van der Waals surface area contributed by atoms with Gasteiger partial charge < -0.3 is 5.32 Å². The molecule has 4 rings (SSSR count). The molecule has 0 bridgehead atoms. The van der Waals surface area contributed by atoms with Crippen LogP contribution >= 0.6 is 0 Å². The Labute approximate surface area is 125 Å². The van der Waals surface area contributed by atoms with Gasteiger partial charge in [-0.25, -0.2) is 4.68 Å². The third-order valence-corrected chi connectivity index (χ3v) is 4.74. The smallest absolute Gasteiger partial charge is 0.221 e. The van der Waals surface area contributed by atoms with Crippen LogP contribution in [0.1, 0.15) is 60.2 Å². The van der Waals surface area contributed by atoms with Crippen molar-refractivity contribution in [3.8, 4) is 0 Å². The van der Waals surface area contributed by atoms with Gasteiger partial charge in [-0.1, -0.05) is 35.7 Å². The third kappa shape index (κ3) is 2.23. The molecule has 1 aromatic heterocycles. The van der Waals surface area contributed by atoms with Crippen LogP contribution in [0.5, 0.6) is 0 Å². The summed E-state index contributed by atoms with van der Waals surface area (Å²) in [6.07, 6.45) is 4.89. The molecule has 21 heavy (non-hydrogen) atoms. The minimum absolute atomic E-state index is 0.321. The Kier molecular flexibility index (Phi) is 2.98. The van der Waals surface area contributed by atoms with Crippen molar-refractivity contribution < 1.29 is 0 Å². The van der Waals surface area contributed by atoms with Crippen LogP contribution in [0.2, 0.25) is 0 Å². The lowest BCUT2D eigenvalue weighted by Crippen LogP contribution is -2.25. The first-order valence-corrected chi connectivity index (χ1v) is 7.99. The fourth-order valence-electron chi connectivity index (χ4n) is 3.47. The van der Waals surface area contributed by atoms with E-state index in [1.54, 1.807) is 0 Å². The van der Waals surface area contributed by atoms with Gasteiger partial charge in [-0.3, -0.25) is 0 Å². The second kappa shape index (κ2) is 4.86. The summed E-state index contributed by atoms with van der Waals surface area (Å²) in [5.41, 5.74) is 4.01. The fraction of sp³-hybridized carbons (Fsp3) is 0.529. The van der Waals surface area contributed by atoms with Gasteiger partial charge in [0.2, 0.25) is 5.95 Å². The summed E-state index contributed by atoms with van der Waals surface area (Å²) in [4.78, 5) is 4.73. The molecule has 2 aromatic rings. The zero-order chi connectivity index (χ0) is 14.4. The molecule has 1 saturated carbocycles. The van der Waals surface area contributed by atoms with E-state index in [4.69, 9.17) is 10.1 Å². The summed E-state index contributed by atoms with van der Waals surface area (Å²) in [5, 5.41) is 8.24. The van der Waals surface area contributed by atoms with Gasteiger partial charge in [-0.05, 0) is 38.7 Å². The Morgan fingerprint density at radius 1 is 1.10 bits per heavy atom. The largest absolute Gasteiger partial charge is 0.354 e. The van der Waals surface area contributed by atoms with Gasteiger partial charge in [0.25, 0.3) is 0 Å². The van der Waals surface area contributed by atoms with E-state index in [-0.39, 0.29) is 0 Å². The Balaban J connectivity index is 1.73. The maximum Gasteiger partial charge on any atom is 0.221 e. The molecule has 4 heteroatoms. The van der Waals surface area contributed by atoms with E-state index >= 15 is 0 Å². The van der Waals surface area contributed by atoms with Crippen molar-refractivity contribution in [2.24, 2.45) is 0 Å². The lowest BCUT2D eigenvalue weighted by Gasteiger charge is -2.25. The number of fused-ring (bicyclic) bond motifs is 1. The average molecular weight is 282 g/mol. The summed E-state index contributed by atoms with van der Waals surface area (Å²) in [6, 6.07) is 7.13. The number of rotatable bonds is 2. The highest BCUT2D eigenvalue weighted by molar-refractivity contribution is 5.36. The summed E-state index contributed by atoms with van der Waals surface area (Å²) in [5.74, 6) is 2.58. The van der Waals surface area contributed by atoms with Gasteiger partial charge in [0.05, 0.1) is 6.04 Å². The van der Waals surface area contributed by atoms with Crippen LogP contribution < -0.4 is 5.32 Å². The maximum absolute atomic E-state index is 4.83. The second-order valence-corrected chi connectivity index (χ2v) is 6.52. The summed E-state index contributed by atoms with van der Waals surface area (Å²) in [7, 11) is 0. The molecule has 1 aliphatic carbocycles. The Morgan fingerprint density at radius 2 is 1.86 bits per heavy atom. The molecule has 1 unspecified atom stereocenters. The highest BCUT2D eigenvalue weighted by Gasteiger charge is 2.29. The lowest BCUT2D eigenvalue weighted by atomic mass is 9.85. The van der Waals surface area contributed by atoms with Crippen LogP contribution in [0.15, 0.2) is 18.2 Å². The van der Waals surface area contributed by atoms with Crippen molar-refractivity contribution >= 4 is 5.95 Å². The quantitative estimate of drug-likeness (QED) is 0.915. The first kappa shape index (κ1) is 12.9. The van der Waals surface area contributed by atoms with Gasteiger partial charge in [-0.2, -0.15) is 10.1 Å². The number of aromatic nitrogens is 3. The van der Waals surface area contributed by atoms with E-state index in [1.165, 1.54) is 36.0 Å². The van der Waals surface area contributed by atoms with Crippen molar-refractivity contribution in [2.75, 3.05) is 11.9 Å². The molecule has 0 spiro atoms. The normalized spacial score (nSPS) is 21.5. The molecule has 1 atom stereocenters. The van der Waals surface area contributed by atoms with Crippen molar-refractivity contribution in [2.45, 2.75) is 51.5 Å². The highest BCUT2D eigenvalue weighted by atomic mass is 15.4. The SMILES string of the molecule is Cc1cc(C)cc(C2CCNc3nc(C4CCC4)nn32)c1. The zero-order valence-electron chi connectivity index (χ0n) is 12.8. The van der Waals surface area contributed by atoms with Crippen LogP contribution in [-0.2, 0) is 0 Å². The van der Waals surface area contributed by atoms with E-state index in [0.717, 1.165) is 24.7 Å². The van der Waals surface area contributed by atoms with E-state index in [0.29, 0.717) is 12.0 Å². The molecular formula is C17H22N4. The minimum Gasteiger partial charge on any atom is -0.354 e. The van der Waals surface area contributed by atoms with E-state index < -0.39 is 0 Å². The topological polar surface area (TPSA) is 42.7 Å². The molecule has 2 heterocycles. The molecule has 2 aliphatic rings. The first-order chi connectivity index (χ1) is 10.2. The van der Waals surface area contributed by atoms with Gasteiger partial charge in [-0.15, -0.1) is 0 Å². The summed E-state index contributed by atoms with van der Waals surface area (Å²) in [6.45, 7) is 5.31. The Morgan fingerprint density at radius 3 is 2.52 bits per heavy atom. The molecule has 0 saturated heterocycles. The average Bonchev–Trinajstić information content (AvgIpc) is 2.78. The Hall–Kier alpha value is -1.84. The molecule has 4 nitrogen and oxygen atoms in total. The number of nitrogens with zero attached hydrogens (tertiary/aromatic N) is 3. The van der Waals surface area contributed by atoms with E-state index in [9.17, 15) is 0 Å². The van der Waals surface area contributed by atoms with Crippen LogP contribution in [0.4, 0.5) is 5.95 Å². The molecule has 110 valence electrons. The van der Waals surface area contributed by atoms with Crippen LogP contribution in [0.3, 0.4) is 0 Å². The lowest BCUT2D eigenvalue weighted by molar-refractivity contribution is 0.393. The van der Waals surface area contributed by atoms with Crippen LogP contribution in [-0.4, -0.2) is 21.3 Å². The van der Waals surface area contributed by atoms with E-state index in [2.05, 4.69) is 42.0 Å². The molecular weight excluding hydrogens is 260 g/mol. The Bertz CT molecular complexity index is 649. The number of anilines is 1. The van der Waals surface area contributed by atoms with Crippen molar-refractivity contribution in [1.29, 1.82) is 0 Å². The van der Waals surface area contributed by atoms with Crippen molar-refractivity contribution in [1.82, 2.24) is 14.8 Å². The number of nitrogens with one attached hydrogen (secondary N) is 1. The molecule has 1 N–H and O–H groups in total. The summed E-state index contributed by atoms with van der Waals surface area (Å²) >= 11 is 0. The third-order valence-electron chi connectivity index (χ3n) is 4.74. The van der Waals surface area contributed by atoms with Gasteiger partial charge in [0, 0.05) is 12.5 Å². The standard InChI is InChI=1S/C17H22N4/c1-11-8-12(2)10-14(9-11)15-6-7-18-17-19-16(20-21(15)17)13-4-3-5-13/h8-10,13,15H,3-7H2,1-2H3,(H,18,19,20). The number of aryl methyl sites for hydroxylation is 2. The molecule has 1 fully saturated rings. The fourth-order valence-corrected chi connectivity index (χ4v) is 3.47. The summed E-state index contributed by atoms with van der Waals surface area (Å²) < 4.78 is 2.12. The van der Waals surface area contributed by atoms with Crippen LogP contribution in [0.25, 0.3) is 0 Å². The number of benzene rings is 1. The minimum atomic E-state index is 0.321. The molecule has 0 amide bonds. The van der Waals surface area contributed by atoms with Gasteiger partial charge >= 0.3 is 0 Å². The van der Waals surface area contributed by atoms with Gasteiger partial charge in [0.15, 0.2) is 5.82 Å². The van der Waals surface area contributed by atoms with Crippen LogP contribution in [0, 0.1) is 13.8 Å². The first-order valence-electron chi connectivity index (χ1n) is 7.99. The number of hydrogen-bond acceptors (Lipinski definition) is 3. The molecule has 0 radical (unpaired) electrons. The van der Waals surface area contributed by atoms with E-state index in [1.807, 2.05) is 0 Å². The monoisotopic (exact) mass is 282 g/mol. The van der Waals surface area contributed by atoms with Crippen molar-refractivity contribution in [3.63, 3.8) is 0 Å².